The summed E-state index contributed by atoms with van der Waals surface area (Å²) in [5, 5.41) is 2.56. The highest BCUT2D eigenvalue weighted by Gasteiger charge is 2.26. The van der Waals surface area contributed by atoms with Gasteiger partial charge in [0.15, 0.2) is 9.84 Å². The normalized spacial score (nSPS) is 15.2. The fourth-order valence-electron chi connectivity index (χ4n) is 1.91. The molecule has 0 heterocycles. The number of sulfone groups is 1. The fourth-order valence-corrected chi connectivity index (χ4v) is 2.89. The number of hydrogen-bond acceptors (Lipinski definition) is 3. The lowest BCUT2D eigenvalue weighted by Gasteiger charge is -2.24. The van der Waals surface area contributed by atoms with Gasteiger partial charge in [-0.15, -0.1) is 0 Å². The lowest BCUT2D eigenvalue weighted by atomic mass is 10.0. The third kappa shape index (κ3) is 4.44. The average Bonchev–Trinajstić information content (AvgIpc) is 2.32. The monoisotopic (exact) mass is 307 g/mol. The number of likely N-dealkylation sites (N-methyl/N-ethyl adjacent to an activating group) is 1. The van der Waals surface area contributed by atoms with Crippen LogP contribution in [0.2, 0.25) is 5.02 Å². The molecule has 0 aliphatic carbocycles. The summed E-state index contributed by atoms with van der Waals surface area (Å²) in [6, 6.07) is 4.42. The van der Waals surface area contributed by atoms with E-state index in [1.807, 2.05) is 6.92 Å². The molecular weight excluding hydrogens is 289 g/mol. The fraction of sp³-hybridized carbons (Fsp3) is 0.538. The highest BCUT2D eigenvalue weighted by atomic mass is 35.5. The molecule has 0 saturated carbocycles. The molecule has 1 aromatic rings. The van der Waals surface area contributed by atoms with Gasteiger partial charge in [-0.05, 0) is 31.5 Å². The van der Waals surface area contributed by atoms with E-state index in [1.165, 1.54) is 12.3 Å². The van der Waals surface area contributed by atoms with E-state index in [-0.39, 0.29) is 17.5 Å². The molecule has 0 bridgehead atoms. The van der Waals surface area contributed by atoms with Crippen LogP contribution in [-0.4, -0.2) is 32.5 Å². The molecule has 0 radical (unpaired) electrons. The van der Waals surface area contributed by atoms with E-state index < -0.39 is 20.9 Å². The molecule has 0 aliphatic heterocycles. The molecule has 0 saturated heterocycles. The van der Waals surface area contributed by atoms with Crippen molar-refractivity contribution < 1.29 is 12.8 Å². The van der Waals surface area contributed by atoms with Crippen molar-refractivity contribution in [1.29, 1.82) is 0 Å². The van der Waals surface area contributed by atoms with E-state index in [2.05, 4.69) is 5.32 Å². The lowest BCUT2D eigenvalue weighted by molar-refractivity contribution is 0.484. The van der Waals surface area contributed by atoms with Gasteiger partial charge in [-0.2, -0.15) is 0 Å². The Labute approximate surface area is 119 Å². The summed E-state index contributed by atoms with van der Waals surface area (Å²) in [6.07, 6.45) is 1.48. The van der Waals surface area contributed by atoms with Crippen molar-refractivity contribution in [2.45, 2.75) is 31.6 Å². The number of benzene rings is 1. The van der Waals surface area contributed by atoms with Gasteiger partial charge in [-0.1, -0.05) is 30.7 Å². The predicted molar refractivity (Wildman–Crippen MR) is 76.9 cm³/mol. The Bertz CT molecular complexity index is 533. The molecule has 0 spiro atoms. The first-order valence-electron chi connectivity index (χ1n) is 6.12. The van der Waals surface area contributed by atoms with Gasteiger partial charge in [0.25, 0.3) is 0 Å². The van der Waals surface area contributed by atoms with Crippen molar-refractivity contribution in [2.24, 2.45) is 0 Å². The van der Waals surface area contributed by atoms with Crippen LogP contribution in [0.1, 0.15) is 19.4 Å². The summed E-state index contributed by atoms with van der Waals surface area (Å²) in [5.74, 6) is -0.479. The summed E-state index contributed by atoms with van der Waals surface area (Å²) < 4.78 is 37.1. The number of hydrogen-bond donors (Lipinski definition) is 1. The lowest BCUT2D eigenvalue weighted by Crippen LogP contribution is -2.43. The van der Waals surface area contributed by atoms with Gasteiger partial charge in [-0.25, -0.2) is 12.8 Å². The predicted octanol–water partition coefficient (Wildman–Crippen LogP) is 2.43. The maximum atomic E-state index is 13.9. The van der Waals surface area contributed by atoms with Crippen LogP contribution in [0.15, 0.2) is 18.2 Å². The standard InChI is InChI=1S/C13H19ClFNO2S/c1-4-16-12(9(2)19(3,17)18)8-10-6-5-7-11(14)13(10)15/h5-7,9,12,16H,4,8H2,1-3H3. The Morgan fingerprint density at radius 3 is 2.58 bits per heavy atom. The Balaban J connectivity index is 2.99. The number of halogens is 2. The minimum atomic E-state index is -3.19. The molecule has 2 atom stereocenters. The van der Waals surface area contributed by atoms with E-state index in [9.17, 15) is 12.8 Å². The maximum Gasteiger partial charge on any atom is 0.151 e. The quantitative estimate of drug-likeness (QED) is 0.878. The first-order valence-corrected chi connectivity index (χ1v) is 8.45. The van der Waals surface area contributed by atoms with Crippen molar-refractivity contribution in [2.75, 3.05) is 12.8 Å². The molecule has 1 N–H and O–H groups in total. The second kappa shape index (κ2) is 6.68. The Hall–Kier alpha value is -0.650. The Kier molecular flexibility index (Phi) is 5.77. The van der Waals surface area contributed by atoms with E-state index in [0.29, 0.717) is 12.1 Å². The first-order chi connectivity index (χ1) is 8.77. The van der Waals surface area contributed by atoms with Crippen LogP contribution in [0, 0.1) is 5.82 Å². The van der Waals surface area contributed by atoms with Crippen LogP contribution < -0.4 is 5.32 Å². The largest absolute Gasteiger partial charge is 0.313 e. The molecule has 0 aromatic heterocycles. The zero-order valence-corrected chi connectivity index (χ0v) is 12.9. The van der Waals surface area contributed by atoms with Gasteiger partial charge in [0.1, 0.15) is 5.82 Å². The minimum absolute atomic E-state index is 0.0553. The topological polar surface area (TPSA) is 46.2 Å². The average molecular weight is 308 g/mol. The summed E-state index contributed by atoms with van der Waals surface area (Å²) in [6.45, 7) is 4.13. The molecule has 1 aromatic carbocycles. The van der Waals surface area contributed by atoms with Crippen molar-refractivity contribution in [3.63, 3.8) is 0 Å². The van der Waals surface area contributed by atoms with Crippen LogP contribution in [0.5, 0.6) is 0 Å². The molecule has 0 aliphatic rings. The van der Waals surface area contributed by atoms with Gasteiger partial charge in [0, 0.05) is 12.3 Å². The molecule has 2 unspecified atom stereocenters. The van der Waals surface area contributed by atoms with Crippen LogP contribution in [0.4, 0.5) is 4.39 Å². The van der Waals surface area contributed by atoms with Crippen molar-refractivity contribution in [1.82, 2.24) is 5.32 Å². The second-order valence-electron chi connectivity index (χ2n) is 4.62. The Morgan fingerprint density at radius 2 is 2.05 bits per heavy atom. The molecule has 0 fully saturated rings. The van der Waals surface area contributed by atoms with Crippen LogP contribution in [0.25, 0.3) is 0 Å². The number of nitrogens with one attached hydrogen (secondary N) is 1. The van der Waals surface area contributed by atoms with Crippen LogP contribution in [-0.2, 0) is 16.3 Å². The molecule has 0 amide bonds. The second-order valence-corrected chi connectivity index (χ2v) is 7.43. The highest BCUT2D eigenvalue weighted by molar-refractivity contribution is 7.91. The summed E-state index contributed by atoms with van der Waals surface area (Å²) in [5.41, 5.74) is 0.425. The van der Waals surface area contributed by atoms with E-state index >= 15 is 0 Å². The van der Waals surface area contributed by atoms with Crippen molar-refractivity contribution in [3.05, 3.63) is 34.6 Å². The summed E-state index contributed by atoms with van der Waals surface area (Å²) in [7, 11) is -3.19. The maximum absolute atomic E-state index is 13.9. The summed E-state index contributed by atoms with van der Waals surface area (Å²) in [4.78, 5) is 0. The van der Waals surface area contributed by atoms with Gasteiger partial charge in [0.2, 0.25) is 0 Å². The first kappa shape index (κ1) is 16.4. The SMILES string of the molecule is CCNC(Cc1cccc(Cl)c1F)C(C)S(C)(=O)=O. The van der Waals surface area contributed by atoms with E-state index in [1.54, 1.807) is 19.1 Å². The van der Waals surface area contributed by atoms with Crippen LogP contribution >= 0.6 is 11.6 Å². The number of rotatable bonds is 6. The Morgan fingerprint density at radius 1 is 1.42 bits per heavy atom. The third-order valence-electron chi connectivity index (χ3n) is 3.18. The smallest absolute Gasteiger partial charge is 0.151 e. The van der Waals surface area contributed by atoms with Crippen LogP contribution in [0.3, 0.4) is 0 Å². The molecule has 1 rings (SSSR count). The zero-order valence-electron chi connectivity index (χ0n) is 11.3. The van der Waals surface area contributed by atoms with Crippen molar-refractivity contribution in [3.8, 4) is 0 Å². The van der Waals surface area contributed by atoms with Gasteiger partial charge in [-0.3, -0.25) is 0 Å². The minimum Gasteiger partial charge on any atom is -0.313 e. The molecule has 6 heteroatoms. The third-order valence-corrected chi connectivity index (χ3v) is 5.15. The van der Waals surface area contributed by atoms with Gasteiger partial charge in [0.05, 0.1) is 10.3 Å². The van der Waals surface area contributed by atoms with Crippen molar-refractivity contribution >= 4 is 21.4 Å². The molecule has 19 heavy (non-hydrogen) atoms. The van der Waals surface area contributed by atoms with Gasteiger partial charge >= 0.3 is 0 Å². The van der Waals surface area contributed by atoms with E-state index in [0.717, 1.165) is 0 Å². The van der Waals surface area contributed by atoms with E-state index in [4.69, 9.17) is 11.6 Å². The zero-order chi connectivity index (χ0) is 14.6. The molecule has 108 valence electrons. The molecular formula is C13H19ClFNO2S. The summed E-state index contributed by atoms with van der Waals surface area (Å²) >= 11 is 5.73. The highest BCUT2D eigenvalue weighted by Crippen LogP contribution is 2.20. The van der Waals surface area contributed by atoms with Gasteiger partial charge < -0.3 is 5.32 Å². The molecule has 3 nitrogen and oxygen atoms in total.